The molecule has 0 atom stereocenters. The minimum absolute atomic E-state index is 0.282. The molecule has 1 aliphatic carbocycles. The van der Waals surface area contributed by atoms with Gasteiger partial charge in [0.2, 0.25) is 5.91 Å². The first-order chi connectivity index (χ1) is 12.7. The Hall–Kier alpha value is -2.24. The maximum Gasteiger partial charge on any atom is 0.257 e. The molecule has 1 saturated carbocycles. The summed E-state index contributed by atoms with van der Waals surface area (Å²) < 4.78 is 18.3. The number of hydrogen-bond acceptors (Lipinski definition) is 4. The number of nitrogens with zero attached hydrogens (tertiary/aromatic N) is 3. The van der Waals surface area contributed by atoms with E-state index in [-0.39, 0.29) is 5.82 Å². The Kier molecular flexibility index (Phi) is 5.00. The van der Waals surface area contributed by atoms with Crippen LogP contribution in [0.25, 0.3) is 11.5 Å². The molecule has 0 bridgehead atoms. The molecule has 4 rings (SSSR count). The van der Waals surface area contributed by atoms with Gasteiger partial charge in [-0.3, -0.25) is 4.79 Å². The van der Waals surface area contributed by atoms with Gasteiger partial charge in [-0.25, -0.2) is 4.39 Å². The number of aromatic nitrogens is 2. The fraction of sp³-hybridized carbons (Fsp3) is 0.550. The lowest BCUT2D eigenvalue weighted by molar-refractivity contribution is -0.133. The van der Waals surface area contributed by atoms with E-state index in [1.54, 1.807) is 12.1 Å². The number of piperidine rings is 1. The zero-order chi connectivity index (χ0) is 17.9. The molecule has 1 aromatic carbocycles. The highest BCUT2D eigenvalue weighted by molar-refractivity contribution is 5.76. The van der Waals surface area contributed by atoms with Crippen LogP contribution in [0.15, 0.2) is 28.8 Å². The number of hydrogen-bond donors (Lipinski definition) is 0. The molecule has 0 radical (unpaired) electrons. The third-order valence-electron chi connectivity index (χ3n) is 5.46. The molecule has 26 heavy (non-hydrogen) atoms. The highest BCUT2D eigenvalue weighted by Gasteiger charge is 2.29. The minimum Gasteiger partial charge on any atom is -0.343 e. The Morgan fingerprint density at radius 1 is 1.12 bits per heavy atom. The lowest BCUT2D eigenvalue weighted by Crippen LogP contribution is -2.38. The first-order valence-electron chi connectivity index (χ1n) is 9.53. The van der Waals surface area contributed by atoms with Gasteiger partial charge in [0.15, 0.2) is 5.82 Å². The third kappa shape index (κ3) is 4.29. The van der Waals surface area contributed by atoms with Crippen LogP contribution in [0.1, 0.15) is 44.3 Å². The lowest BCUT2D eigenvalue weighted by Gasteiger charge is -2.32. The van der Waals surface area contributed by atoms with Gasteiger partial charge in [-0.05, 0) is 68.2 Å². The van der Waals surface area contributed by atoms with E-state index < -0.39 is 0 Å². The maximum absolute atomic E-state index is 13.0. The molecule has 0 spiro atoms. The summed E-state index contributed by atoms with van der Waals surface area (Å²) >= 11 is 0. The minimum atomic E-state index is -0.282. The number of amides is 1. The first kappa shape index (κ1) is 17.2. The molecule has 2 heterocycles. The van der Waals surface area contributed by atoms with Crippen molar-refractivity contribution in [3.05, 3.63) is 35.9 Å². The van der Waals surface area contributed by atoms with Crippen LogP contribution in [0.2, 0.25) is 0 Å². The van der Waals surface area contributed by atoms with Gasteiger partial charge in [-0.1, -0.05) is 5.16 Å². The second kappa shape index (κ2) is 7.56. The van der Waals surface area contributed by atoms with Crippen LogP contribution in [0.5, 0.6) is 0 Å². The topological polar surface area (TPSA) is 59.2 Å². The molecule has 0 unspecified atom stereocenters. The molecule has 6 heteroatoms. The summed E-state index contributed by atoms with van der Waals surface area (Å²) in [6.07, 6.45) is 7.09. The van der Waals surface area contributed by atoms with Crippen molar-refractivity contribution in [3.8, 4) is 11.5 Å². The summed E-state index contributed by atoms with van der Waals surface area (Å²) in [6.45, 7) is 1.76. The molecular weight excluding hydrogens is 333 g/mol. The summed E-state index contributed by atoms with van der Waals surface area (Å²) in [6, 6.07) is 6.05. The number of aryl methyl sites for hydroxylation is 1. The average Bonchev–Trinajstić information content (AvgIpc) is 3.35. The molecule has 1 saturated heterocycles. The smallest absolute Gasteiger partial charge is 0.257 e. The molecule has 5 nitrogen and oxygen atoms in total. The average molecular weight is 357 g/mol. The van der Waals surface area contributed by atoms with Gasteiger partial charge in [0, 0.05) is 31.5 Å². The van der Waals surface area contributed by atoms with Crippen LogP contribution < -0.4 is 0 Å². The Morgan fingerprint density at radius 3 is 2.54 bits per heavy atom. The van der Waals surface area contributed by atoms with Crippen LogP contribution in [-0.4, -0.2) is 34.0 Å². The van der Waals surface area contributed by atoms with Gasteiger partial charge < -0.3 is 9.42 Å². The molecule has 1 aromatic heterocycles. The number of benzene rings is 1. The Labute approximate surface area is 152 Å². The van der Waals surface area contributed by atoms with E-state index in [0.29, 0.717) is 29.5 Å². The number of rotatable bonds is 6. The molecule has 1 amide bonds. The number of halogens is 1. The molecule has 0 N–H and O–H groups in total. The number of likely N-dealkylation sites (tertiary alicyclic amines) is 1. The quantitative estimate of drug-likeness (QED) is 0.788. The van der Waals surface area contributed by atoms with Crippen molar-refractivity contribution < 1.29 is 13.7 Å². The maximum atomic E-state index is 13.0. The van der Waals surface area contributed by atoms with Gasteiger partial charge in [0.25, 0.3) is 5.89 Å². The summed E-state index contributed by atoms with van der Waals surface area (Å²) in [4.78, 5) is 18.6. The largest absolute Gasteiger partial charge is 0.343 e. The third-order valence-corrected chi connectivity index (χ3v) is 5.46. The van der Waals surface area contributed by atoms with Gasteiger partial charge in [-0.2, -0.15) is 4.98 Å². The van der Waals surface area contributed by atoms with Crippen molar-refractivity contribution in [2.24, 2.45) is 11.8 Å². The van der Waals surface area contributed by atoms with Crippen molar-refractivity contribution in [2.75, 3.05) is 13.1 Å². The summed E-state index contributed by atoms with van der Waals surface area (Å²) in [7, 11) is 0. The van der Waals surface area contributed by atoms with Crippen LogP contribution in [0, 0.1) is 17.7 Å². The fourth-order valence-electron chi connectivity index (χ4n) is 3.57. The van der Waals surface area contributed by atoms with E-state index in [2.05, 4.69) is 10.1 Å². The number of carbonyl (C=O) groups excluding carboxylic acids is 1. The van der Waals surface area contributed by atoms with E-state index in [0.717, 1.165) is 50.8 Å². The van der Waals surface area contributed by atoms with Crippen LogP contribution >= 0.6 is 0 Å². The van der Waals surface area contributed by atoms with Crippen molar-refractivity contribution in [1.29, 1.82) is 0 Å². The van der Waals surface area contributed by atoms with Crippen LogP contribution in [0.4, 0.5) is 4.39 Å². The van der Waals surface area contributed by atoms with Crippen molar-refractivity contribution in [3.63, 3.8) is 0 Å². The Morgan fingerprint density at radius 2 is 1.85 bits per heavy atom. The van der Waals surface area contributed by atoms with E-state index >= 15 is 0 Å². The summed E-state index contributed by atoms with van der Waals surface area (Å²) in [5, 5.41) is 4.04. The molecule has 2 aromatic rings. The zero-order valence-electron chi connectivity index (χ0n) is 14.9. The van der Waals surface area contributed by atoms with Gasteiger partial charge in [-0.15, -0.1) is 0 Å². The normalized spacial score (nSPS) is 18.3. The predicted octanol–water partition coefficient (Wildman–Crippen LogP) is 3.85. The Bertz CT molecular complexity index is 747. The highest BCUT2D eigenvalue weighted by Crippen LogP contribution is 2.33. The molecular formula is C20H24FN3O2. The Balaban J connectivity index is 1.23. The monoisotopic (exact) mass is 357 g/mol. The molecule has 1 aliphatic heterocycles. The second-order valence-electron chi connectivity index (χ2n) is 7.53. The van der Waals surface area contributed by atoms with Crippen LogP contribution in [-0.2, 0) is 11.2 Å². The van der Waals surface area contributed by atoms with Crippen molar-refractivity contribution in [1.82, 2.24) is 15.0 Å². The summed E-state index contributed by atoms with van der Waals surface area (Å²) in [5.74, 6) is 2.45. The van der Waals surface area contributed by atoms with Gasteiger partial charge in [0.05, 0.1) is 0 Å². The predicted molar refractivity (Wildman–Crippen MR) is 94.7 cm³/mol. The van der Waals surface area contributed by atoms with Crippen molar-refractivity contribution >= 4 is 5.91 Å². The van der Waals surface area contributed by atoms with E-state index in [1.165, 1.54) is 25.0 Å². The van der Waals surface area contributed by atoms with Gasteiger partial charge >= 0.3 is 0 Å². The van der Waals surface area contributed by atoms with E-state index in [9.17, 15) is 9.18 Å². The van der Waals surface area contributed by atoms with Crippen molar-refractivity contribution in [2.45, 2.75) is 44.9 Å². The second-order valence-corrected chi connectivity index (χ2v) is 7.53. The van der Waals surface area contributed by atoms with E-state index in [1.807, 2.05) is 4.90 Å². The highest BCUT2D eigenvalue weighted by atomic mass is 19.1. The molecule has 138 valence electrons. The molecule has 2 aliphatic rings. The standard InChI is InChI=1S/C20H24FN3O2/c21-17-6-4-16(5-7-17)20-22-18(23-26-20)8-3-14-9-11-24(12-10-14)19(25)13-15-1-2-15/h4-7,14-15H,1-3,8-13H2. The van der Waals surface area contributed by atoms with Crippen LogP contribution in [0.3, 0.4) is 0 Å². The molecule has 2 fully saturated rings. The number of carbonyl (C=O) groups is 1. The fourth-order valence-corrected chi connectivity index (χ4v) is 3.57. The lowest BCUT2D eigenvalue weighted by atomic mass is 9.92. The van der Waals surface area contributed by atoms with E-state index in [4.69, 9.17) is 4.52 Å². The SMILES string of the molecule is O=C(CC1CC1)N1CCC(CCc2noc(-c3ccc(F)cc3)n2)CC1. The first-order valence-corrected chi connectivity index (χ1v) is 9.53. The zero-order valence-corrected chi connectivity index (χ0v) is 14.9. The summed E-state index contributed by atoms with van der Waals surface area (Å²) in [5.41, 5.74) is 0.729. The van der Waals surface area contributed by atoms with Gasteiger partial charge in [0.1, 0.15) is 5.82 Å².